The number of unbranched alkanes of at least 4 members (excludes halogenated alkanes) is 1. The number of carbonyl (C=O) groups is 1. The summed E-state index contributed by atoms with van der Waals surface area (Å²) in [6, 6.07) is 15.4. The molecular formula is C24H27FN4O3. The Morgan fingerprint density at radius 3 is 2.47 bits per heavy atom. The topological polar surface area (TPSA) is 101 Å². The fourth-order valence-corrected chi connectivity index (χ4v) is 3.51. The highest BCUT2D eigenvalue weighted by molar-refractivity contribution is 5.95. The van der Waals surface area contributed by atoms with Gasteiger partial charge in [-0.05, 0) is 30.0 Å². The van der Waals surface area contributed by atoms with Crippen LogP contribution < -0.4 is 21.9 Å². The zero-order valence-electron chi connectivity index (χ0n) is 18.0. The van der Waals surface area contributed by atoms with E-state index in [2.05, 4.69) is 4.98 Å². The highest BCUT2D eigenvalue weighted by atomic mass is 19.1. The molecule has 1 amide bonds. The number of aryl methyl sites for hydroxylation is 1. The molecule has 0 fully saturated rings. The van der Waals surface area contributed by atoms with E-state index in [0.717, 1.165) is 12.0 Å². The molecule has 8 heteroatoms. The minimum absolute atomic E-state index is 0.0271. The number of anilines is 2. The third kappa shape index (κ3) is 5.32. The molecular weight excluding hydrogens is 411 g/mol. The molecule has 7 nitrogen and oxygen atoms in total. The fourth-order valence-electron chi connectivity index (χ4n) is 3.51. The Bertz CT molecular complexity index is 1190. The van der Waals surface area contributed by atoms with Gasteiger partial charge in [0.2, 0.25) is 5.91 Å². The Morgan fingerprint density at radius 1 is 1.09 bits per heavy atom. The Morgan fingerprint density at radius 2 is 1.78 bits per heavy atom. The summed E-state index contributed by atoms with van der Waals surface area (Å²) in [7, 11) is 0. The van der Waals surface area contributed by atoms with Gasteiger partial charge in [-0.2, -0.15) is 0 Å². The Balaban J connectivity index is 1.99. The number of aromatic amines is 1. The quantitative estimate of drug-likeness (QED) is 0.536. The van der Waals surface area contributed by atoms with Gasteiger partial charge in [0.25, 0.3) is 5.56 Å². The highest BCUT2D eigenvalue weighted by Crippen LogP contribution is 2.22. The van der Waals surface area contributed by atoms with E-state index in [4.69, 9.17) is 5.73 Å². The summed E-state index contributed by atoms with van der Waals surface area (Å²) in [6.45, 7) is 2.39. The first kappa shape index (κ1) is 23.0. The van der Waals surface area contributed by atoms with Crippen LogP contribution in [0.25, 0.3) is 0 Å². The largest absolute Gasteiger partial charge is 0.383 e. The van der Waals surface area contributed by atoms with Crippen molar-refractivity contribution in [1.82, 2.24) is 9.55 Å². The summed E-state index contributed by atoms with van der Waals surface area (Å²) in [5, 5.41) is 0. The number of nitrogens with one attached hydrogen (secondary N) is 1. The molecule has 0 saturated heterocycles. The van der Waals surface area contributed by atoms with E-state index in [1.165, 1.54) is 15.5 Å². The molecule has 0 aliphatic rings. The molecule has 3 N–H and O–H groups in total. The standard InChI is InChI=1S/C24H27FN4O3/c1-2-3-15-28-22(26)21(23(31)27-24(28)32)29(16-17-9-5-4-6-10-17)20(30)14-13-18-11-7-8-12-19(18)25/h4-12H,2-3,13-16,26H2,1H3,(H,27,31,32). The van der Waals surface area contributed by atoms with Crippen molar-refractivity contribution in [2.75, 3.05) is 10.6 Å². The number of H-pyrrole nitrogens is 1. The molecule has 0 atom stereocenters. The predicted octanol–water partition coefficient (Wildman–Crippen LogP) is 3.22. The lowest BCUT2D eigenvalue weighted by molar-refractivity contribution is -0.118. The van der Waals surface area contributed by atoms with E-state index in [1.807, 2.05) is 37.3 Å². The number of halogens is 1. The molecule has 0 aliphatic heterocycles. The molecule has 0 radical (unpaired) electrons. The number of hydrogen-bond acceptors (Lipinski definition) is 4. The molecule has 0 bridgehead atoms. The fraction of sp³-hybridized carbons (Fsp3) is 0.292. The number of hydrogen-bond donors (Lipinski definition) is 2. The van der Waals surface area contributed by atoms with Gasteiger partial charge < -0.3 is 10.6 Å². The number of nitrogens with zero attached hydrogens (tertiary/aromatic N) is 2. The van der Waals surface area contributed by atoms with Crippen LogP contribution in [0.4, 0.5) is 15.9 Å². The summed E-state index contributed by atoms with van der Waals surface area (Å²) < 4.78 is 15.3. The van der Waals surface area contributed by atoms with Gasteiger partial charge in [-0.25, -0.2) is 9.18 Å². The van der Waals surface area contributed by atoms with E-state index >= 15 is 0 Å². The number of aromatic nitrogens is 2. The second-order valence-corrected chi connectivity index (χ2v) is 7.56. The number of nitrogens with two attached hydrogens (primary N) is 1. The van der Waals surface area contributed by atoms with Crippen LogP contribution in [0, 0.1) is 5.82 Å². The normalized spacial score (nSPS) is 10.8. The lowest BCUT2D eigenvalue weighted by Gasteiger charge is -2.25. The lowest BCUT2D eigenvalue weighted by Crippen LogP contribution is -2.41. The van der Waals surface area contributed by atoms with Gasteiger partial charge in [-0.3, -0.25) is 19.1 Å². The number of carbonyl (C=O) groups excluding carboxylic acids is 1. The number of nitrogen functional groups attached to an aromatic ring is 1. The third-order valence-electron chi connectivity index (χ3n) is 5.27. The van der Waals surface area contributed by atoms with Crippen molar-refractivity contribution in [3.8, 4) is 0 Å². The average molecular weight is 439 g/mol. The molecule has 1 heterocycles. The molecule has 0 aliphatic carbocycles. The molecule has 0 spiro atoms. The average Bonchev–Trinajstić information content (AvgIpc) is 2.78. The van der Waals surface area contributed by atoms with Crippen LogP contribution in [0.3, 0.4) is 0 Å². The first-order valence-corrected chi connectivity index (χ1v) is 10.6. The number of benzene rings is 2. The van der Waals surface area contributed by atoms with Crippen LogP contribution in [0.1, 0.15) is 37.3 Å². The van der Waals surface area contributed by atoms with E-state index in [9.17, 15) is 18.8 Å². The first-order chi connectivity index (χ1) is 15.4. The molecule has 0 saturated carbocycles. The monoisotopic (exact) mass is 438 g/mol. The van der Waals surface area contributed by atoms with Crippen molar-refractivity contribution in [1.29, 1.82) is 0 Å². The second kappa shape index (κ2) is 10.6. The summed E-state index contributed by atoms with van der Waals surface area (Å²) in [5.41, 5.74) is 6.04. The molecule has 0 unspecified atom stereocenters. The maximum atomic E-state index is 14.0. The number of rotatable bonds is 9. The maximum absolute atomic E-state index is 14.0. The first-order valence-electron chi connectivity index (χ1n) is 10.6. The van der Waals surface area contributed by atoms with Gasteiger partial charge >= 0.3 is 5.69 Å². The summed E-state index contributed by atoms with van der Waals surface area (Å²) >= 11 is 0. The molecule has 1 aromatic heterocycles. The Labute approximate surface area is 185 Å². The summed E-state index contributed by atoms with van der Waals surface area (Å²) in [4.78, 5) is 41.9. The molecule has 32 heavy (non-hydrogen) atoms. The zero-order chi connectivity index (χ0) is 23.1. The SMILES string of the molecule is CCCCn1c(N)c(N(Cc2ccccc2)C(=O)CCc2ccccc2F)c(=O)[nH]c1=O. The van der Waals surface area contributed by atoms with Crippen molar-refractivity contribution < 1.29 is 9.18 Å². The second-order valence-electron chi connectivity index (χ2n) is 7.56. The molecule has 3 rings (SSSR count). The minimum atomic E-state index is -0.726. The number of amides is 1. The Kier molecular flexibility index (Phi) is 7.59. The van der Waals surface area contributed by atoms with Gasteiger partial charge in [0.15, 0.2) is 5.69 Å². The smallest absolute Gasteiger partial charge is 0.330 e. The van der Waals surface area contributed by atoms with Crippen LogP contribution in [0.15, 0.2) is 64.2 Å². The van der Waals surface area contributed by atoms with E-state index in [-0.39, 0.29) is 36.7 Å². The van der Waals surface area contributed by atoms with Gasteiger partial charge in [-0.1, -0.05) is 61.9 Å². The Hall–Kier alpha value is -3.68. The van der Waals surface area contributed by atoms with E-state index in [1.54, 1.807) is 18.2 Å². The van der Waals surface area contributed by atoms with Crippen molar-refractivity contribution in [2.24, 2.45) is 0 Å². The van der Waals surface area contributed by atoms with Crippen LogP contribution in [-0.4, -0.2) is 15.5 Å². The van der Waals surface area contributed by atoms with E-state index in [0.29, 0.717) is 18.5 Å². The molecule has 168 valence electrons. The highest BCUT2D eigenvalue weighted by Gasteiger charge is 2.24. The van der Waals surface area contributed by atoms with Crippen LogP contribution in [0.2, 0.25) is 0 Å². The maximum Gasteiger partial charge on any atom is 0.330 e. The van der Waals surface area contributed by atoms with E-state index < -0.39 is 17.2 Å². The van der Waals surface area contributed by atoms with Crippen LogP contribution in [0.5, 0.6) is 0 Å². The third-order valence-corrected chi connectivity index (χ3v) is 5.27. The van der Waals surface area contributed by atoms with Gasteiger partial charge in [-0.15, -0.1) is 0 Å². The molecule has 3 aromatic rings. The predicted molar refractivity (Wildman–Crippen MR) is 123 cm³/mol. The molecule has 2 aromatic carbocycles. The van der Waals surface area contributed by atoms with Crippen molar-refractivity contribution >= 4 is 17.4 Å². The van der Waals surface area contributed by atoms with Crippen LogP contribution >= 0.6 is 0 Å². The summed E-state index contributed by atoms with van der Waals surface area (Å²) in [6.07, 6.45) is 1.66. The summed E-state index contributed by atoms with van der Waals surface area (Å²) in [5.74, 6) is -0.835. The zero-order valence-corrected chi connectivity index (χ0v) is 18.0. The minimum Gasteiger partial charge on any atom is -0.383 e. The van der Waals surface area contributed by atoms with Crippen molar-refractivity contribution in [2.45, 2.75) is 45.7 Å². The van der Waals surface area contributed by atoms with Crippen molar-refractivity contribution in [3.63, 3.8) is 0 Å². The van der Waals surface area contributed by atoms with Gasteiger partial charge in [0.05, 0.1) is 6.54 Å². The lowest BCUT2D eigenvalue weighted by atomic mass is 10.1. The van der Waals surface area contributed by atoms with Crippen molar-refractivity contribution in [3.05, 3.63) is 92.4 Å². The van der Waals surface area contributed by atoms with Gasteiger partial charge in [0, 0.05) is 13.0 Å². The van der Waals surface area contributed by atoms with Gasteiger partial charge in [0.1, 0.15) is 11.6 Å². The van der Waals surface area contributed by atoms with Crippen LogP contribution in [-0.2, 0) is 24.3 Å².